The second kappa shape index (κ2) is 15.5. The summed E-state index contributed by atoms with van der Waals surface area (Å²) < 4.78 is 2.45. The standard InChI is InChI=1S/C29H50N2/c1-4-6-8-9-10-11-12-13-14-15-17-21-29(22-18-16-19-23-29)26-28-30-24-25-31(28)27(3)20-7-5-2/h16,18-19,22,24-25,27H,4-15,17,20-21,23,26H2,1-3H3. The maximum absolute atomic E-state index is 4.79. The normalized spacial score (nSPS) is 19.2. The predicted molar refractivity (Wildman–Crippen MR) is 137 cm³/mol. The fourth-order valence-corrected chi connectivity index (χ4v) is 5.09. The van der Waals surface area contributed by atoms with Gasteiger partial charge in [-0.15, -0.1) is 0 Å². The highest BCUT2D eigenvalue weighted by atomic mass is 15.1. The summed E-state index contributed by atoms with van der Waals surface area (Å²) in [6, 6.07) is 0.555. The van der Waals surface area contributed by atoms with Gasteiger partial charge in [-0.25, -0.2) is 4.98 Å². The summed E-state index contributed by atoms with van der Waals surface area (Å²) in [5.41, 5.74) is 0.265. The molecule has 2 nitrogen and oxygen atoms in total. The number of imidazole rings is 1. The zero-order chi connectivity index (χ0) is 22.2. The van der Waals surface area contributed by atoms with Crippen molar-refractivity contribution in [2.24, 2.45) is 5.41 Å². The molecule has 0 aliphatic heterocycles. The molecule has 2 atom stereocenters. The van der Waals surface area contributed by atoms with Gasteiger partial charge in [-0.2, -0.15) is 0 Å². The number of nitrogens with zero attached hydrogens (tertiary/aromatic N) is 2. The molecule has 1 aliphatic rings. The first-order valence-corrected chi connectivity index (χ1v) is 13.6. The maximum Gasteiger partial charge on any atom is 0.109 e. The van der Waals surface area contributed by atoms with Gasteiger partial charge >= 0.3 is 0 Å². The minimum absolute atomic E-state index is 0.265. The lowest BCUT2D eigenvalue weighted by Gasteiger charge is -2.32. The predicted octanol–water partition coefficient (Wildman–Crippen LogP) is 9.38. The summed E-state index contributed by atoms with van der Waals surface area (Å²) in [5.74, 6) is 1.28. The highest BCUT2D eigenvalue weighted by Crippen LogP contribution is 2.38. The molecule has 0 saturated heterocycles. The Morgan fingerprint density at radius 1 is 0.871 bits per heavy atom. The van der Waals surface area contributed by atoms with Gasteiger partial charge in [-0.1, -0.05) is 122 Å². The number of aromatic nitrogens is 2. The molecule has 0 fully saturated rings. The maximum atomic E-state index is 4.79. The minimum atomic E-state index is 0.265. The number of rotatable bonds is 18. The van der Waals surface area contributed by atoms with Gasteiger partial charge in [0, 0.05) is 24.9 Å². The van der Waals surface area contributed by atoms with Gasteiger partial charge in [0.25, 0.3) is 0 Å². The van der Waals surface area contributed by atoms with Crippen LogP contribution >= 0.6 is 0 Å². The van der Waals surface area contributed by atoms with E-state index < -0.39 is 0 Å². The third kappa shape index (κ3) is 9.79. The van der Waals surface area contributed by atoms with Crippen molar-refractivity contribution in [1.29, 1.82) is 0 Å². The third-order valence-corrected chi connectivity index (χ3v) is 7.21. The van der Waals surface area contributed by atoms with Crippen molar-refractivity contribution in [2.75, 3.05) is 0 Å². The van der Waals surface area contributed by atoms with Gasteiger partial charge in [0.1, 0.15) is 5.82 Å². The van der Waals surface area contributed by atoms with E-state index in [0.717, 1.165) is 12.8 Å². The highest BCUT2D eigenvalue weighted by molar-refractivity contribution is 5.19. The molecule has 1 aromatic heterocycles. The van der Waals surface area contributed by atoms with Crippen molar-refractivity contribution in [3.8, 4) is 0 Å². The van der Waals surface area contributed by atoms with E-state index >= 15 is 0 Å². The molecule has 1 aliphatic carbocycles. The number of hydrogen-bond acceptors (Lipinski definition) is 1. The molecule has 176 valence electrons. The molecule has 31 heavy (non-hydrogen) atoms. The smallest absolute Gasteiger partial charge is 0.109 e. The number of allylic oxidation sites excluding steroid dienone is 4. The fraction of sp³-hybridized carbons (Fsp3) is 0.759. The summed E-state index contributed by atoms with van der Waals surface area (Å²) in [4.78, 5) is 4.79. The topological polar surface area (TPSA) is 17.8 Å². The average Bonchev–Trinajstić information content (AvgIpc) is 3.24. The van der Waals surface area contributed by atoms with E-state index in [-0.39, 0.29) is 5.41 Å². The van der Waals surface area contributed by atoms with E-state index in [2.05, 4.69) is 55.8 Å². The first-order chi connectivity index (χ1) is 15.2. The number of unbranched alkanes of at least 4 members (excludes halogenated alkanes) is 11. The fourth-order valence-electron chi connectivity index (χ4n) is 5.09. The van der Waals surface area contributed by atoms with Crippen molar-refractivity contribution in [2.45, 2.75) is 136 Å². The summed E-state index contributed by atoms with van der Waals surface area (Å²) in [6.45, 7) is 6.93. The Bertz CT molecular complexity index is 626. The summed E-state index contributed by atoms with van der Waals surface area (Å²) in [5, 5.41) is 0. The lowest BCUT2D eigenvalue weighted by atomic mass is 9.74. The van der Waals surface area contributed by atoms with E-state index in [9.17, 15) is 0 Å². The molecule has 0 amide bonds. The Kier molecular flexibility index (Phi) is 13.0. The van der Waals surface area contributed by atoms with Crippen molar-refractivity contribution in [1.82, 2.24) is 9.55 Å². The van der Waals surface area contributed by atoms with Gasteiger partial charge in [-0.05, 0) is 31.6 Å². The molecule has 0 bridgehead atoms. The van der Waals surface area contributed by atoms with Gasteiger partial charge in [0.15, 0.2) is 0 Å². The lowest BCUT2D eigenvalue weighted by molar-refractivity contribution is 0.315. The lowest BCUT2D eigenvalue weighted by Crippen LogP contribution is -2.25. The van der Waals surface area contributed by atoms with E-state index in [1.54, 1.807) is 0 Å². The summed E-state index contributed by atoms with van der Waals surface area (Å²) in [6.07, 6.45) is 36.5. The van der Waals surface area contributed by atoms with Crippen LogP contribution in [-0.4, -0.2) is 9.55 Å². The quantitative estimate of drug-likeness (QED) is 0.214. The van der Waals surface area contributed by atoms with Crippen LogP contribution < -0.4 is 0 Å². The van der Waals surface area contributed by atoms with Crippen molar-refractivity contribution in [3.05, 3.63) is 42.5 Å². The Morgan fingerprint density at radius 3 is 2.13 bits per heavy atom. The summed E-state index contributed by atoms with van der Waals surface area (Å²) >= 11 is 0. The molecular weight excluding hydrogens is 376 g/mol. The molecule has 2 heteroatoms. The second-order valence-electron chi connectivity index (χ2n) is 10.1. The van der Waals surface area contributed by atoms with Crippen molar-refractivity contribution < 1.29 is 0 Å². The van der Waals surface area contributed by atoms with Crippen molar-refractivity contribution >= 4 is 0 Å². The zero-order valence-electron chi connectivity index (χ0n) is 21.0. The second-order valence-corrected chi connectivity index (χ2v) is 10.1. The molecule has 1 heterocycles. The molecule has 0 aromatic carbocycles. The van der Waals surface area contributed by atoms with Gasteiger partial charge < -0.3 is 4.57 Å². The summed E-state index contributed by atoms with van der Waals surface area (Å²) in [7, 11) is 0. The van der Waals surface area contributed by atoms with Gasteiger partial charge in [0.2, 0.25) is 0 Å². The zero-order valence-corrected chi connectivity index (χ0v) is 21.0. The monoisotopic (exact) mass is 426 g/mol. The SMILES string of the molecule is CCCCCCCCCCCCCC1(Cc2nccn2C(C)CCCC)C=CC=CC1. The van der Waals surface area contributed by atoms with E-state index in [1.807, 2.05) is 6.20 Å². The Labute approximate surface area is 193 Å². The van der Waals surface area contributed by atoms with Crippen LogP contribution in [0.4, 0.5) is 0 Å². The number of hydrogen-bond donors (Lipinski definition) is 0. The van der Waals surface area contributed by atoms with Crippen LogP contribution in [0.25, 0.3) is 0 Å². The Balaban J connectivity index is 1.74. The van der Waals surface area contributed by atoms with Gasteiger partial charge in [-0.3, -0.25) is 0 Å². The molecule has 2 rings (SSSR count). The third-order valence-electron chi connectivity index (χ3n) is 7.21. The molecule has 0 N–H and O–H groups in total. The van der Waals surface area contributed by atoms with Crippen LogP contribution in [0.1, 0.15) is 135 Å². The van der Waals surface area contributed by atoms with Crippen LogP contribution in [0.15, 0.2) is 36.7 Å². The Hall–Kier alpha value is -1.31. The van der Waals surface area contributed by atoms with Gasteiger partial charge in [0.05, 0.1) is 0 Å². The molecule has 2 unspecified atom stereocenters. The molecule has 0 saturated carbocycles. The molecule has 0 radical (unpaired) electrons. The van der Waals surface area contributed by atoms with Crippen LogP contribution in [0.5, 0.6) is 0 Å². The van der Waals surface area contributed by atoms with Crippen LogP contribution in [0.3, 0.4) is 0 Å². The first kappa shape index (κ1) is 25.9. The van der Waals surface area contributed by atoms with E-state index in [4.69, 9.17) is 4.98 Å². The van der Waals surface area contributed by atoms with E-state index in [0.29, 0.717) is 6.04 Å². The van der Waals surface area contributed by atoms with Crippen LogP contribution in [0.2, 0.25) is 0 Å². The van der Waals surface area contributed by atoms with Crippen LogP contribution in [-0.2, 0) is 6.42 Å². The molecular formula is C29H50N2. The minimum Gasteiger partial charge on any atom is -0.332 e. The van der Waals surface area contributed by atoms with Crippen LogP contribution in [0, 0.1) is 5.41 Å². The first-order valence-electron chi connectivity index (χ1n) is 13.6. The highest BCUT2D eigenvalue weighted by Gasteiger charge is 2.29. The van der Waals surface area contributed by atoms with Crippen molar-refractivity contribution in [3.63, 3.8) is 0 Å². The molecule has 0 spiro atoms. The molecule has 1 aromatic rings. The Morgan fingerprint density at radius 2 is 1.52 bits per heavy atom. The average molecular weight is 427 g/mol. The largest absolute Gasteiger partial charge is 0.332 e. The van der Waals surface area contributed by atoms with E-state index in [1.165, 1.54) is 102 Å².